The molecule has 0 aromatic rings. The lowest BCUT2D eigenvalue weighted by molar-refractivity contribution is -0.145. The van der Waals surface area contributed by atoms with Crippen LogP contribution in [0.2, 0.25) is 0 Å². The van der Waals surface area contributed by atoms with Gasteiger partial charge in [0.25, 0.3) is 0 Å². The van der Waals surface area contributed by atoms with Crippen molar-refractivity contribution in [2.45, 2.75) is 66.2 Å². The standard InChI is InChI=1S/C21H32O3/c1-14(13-19(23)24-6)7-9-16-15(2)8-10-17-20(3,4)18(22)11-12-21(16,17)5/h13,16-17H,2,7-12H2,1,3-6H3/b14-13+/t16-,17-,21+/m0/s1. The van der Waals surface area contributed by atoms with E-state index in [1.54, 1.807) is 6.08 Å². The molecule has 0 N–H and O–H groups in total. The summed E-state index contributed by atoms with van der Waals surface area (Å²) < 4.78 is 4.71. The molecule has 2 fully saturated rings. The van der Waals surface area contributed by atoms with Crippen molar-refractivity contribution in [3.63, 3.8) is 0 Å². The third kappa shape index (κ3) is 3.36. The second-order valence-electron chi connectivity index (χ2n) is 8.51. The van der Waals surface area contributed by atoms with Crippen LogP contribution in [0, 0.1) is 22.7 Å². The van der Waals surface area contributed by atoms with Gasteiger partial charge in [-0.25, -0.2) is 4.79 Å². The minimum Gasteiger partial charge on any atom is -0.466 e. The number of ketones is 1. The third-order valence-corrected chi connectivity index (χ3v) is 6.71. The molecule has 0 bridgehead atoms. The van der Waals surface area contributed by atoms with E-state index in [4.69, 9.17) is 4.74 Å². The van der Waals surface area contributed by atoms with Crippen molar-refractivity contribution in [1.29, 1.82) is 0 Å². The summed E-state index contributed by atoms with van der Waals surface area (Å²) in [5.41, 5.74) is 2.28. The molecule has 24 heavy (non-hydrogen) atoms. The third-order valence-electron chi connectivity index (χ3n) is 6.71. The highest BCUT2D eigenvalue weighted by Gasteiger charge is 2.55. The van der Waals surface area contributed by atoms with E-state index in [0.717, 1.165) is 37.7 Å². The molecular formula is C21H32O3. The molecule has 3 atom stereocenters. The molecule has 3 heteroatoms. The van der Waals surface area contributed by atoms with Gasteiger partial charge in [-0.2, -0.15) is 0 Å². The Labute approximate surface area is 146 Å². The number of rotatable bonds is 4. The topological polar surface area (TPSA) is 43.4 Å². The number of ether oxygens (including phenoxy) is 1. The Hall–Kier alpha value is -1.38. The maximum absolute atomic E-state index is 12.4. The Kier molecular flexibility index (Phi) is 5.41. The van der Waals surface area contributed by atoms with Crippen LogP contribution in [0.5, 0.6) is 0 Å². The molecule has 2 saturated carbocycles. The fourth-order valence-electron chi connectivity index (χ4n) is 5.21. The van der Waals surface area contributed by atoms with Crippen LogP contribution in [-0.4, -0.2) is 18.9 Å². The monoisotopic (exact) mass is 332 g/mol. The average molecular weight is 332 g/mol. The molecule has 2 aliphatic rings. The van der Waals surface area contributed by atoms with Gasteiger partial charge in [-0.15, -0.1) is 0 Å². The van der Waals surface area contributed by atoms with Gasteiger partial charge in [0, 0.05) is 17.9 Å². The van der Waals surface area contributed by atoms with Crippen LogP contribution in [0.4, 0.5) is 0 Å². The van der Waals surface area contributed by atoms with Crippen molar-refractivity contribution < 1.29 is 14.3 Å². The van der Waals surface area contributed by atoms with Crippen molar-refractivity contribution in [3.05, 3.63) is 23.8 Å². The minimum absolute atomic E-state index is 0.137. The van der Waals surface area contributed by atoms with Crippen LogP contribution < -0.4 is 0 Å². The molecule has 3 nitrogen and oxygen atoms in total. The number of Topliss-reactive ketones (excluding diaryl/α,β-unsaturated/α-hetero) is 1. The van der Waals surface area contributed by atoms with E-state index >= 15 is 0 Å². The van der Waals surface area contributed by atoms with Crippen molar-refractivity contribution in [3.8, 4) is 0 Å². The average Bonchev–Trinajstić information content (AvgIpc) is 2.50. The van der Waals surface area contributed by atoms with Gasteiger partial charge in [0.1, 0.15) is 5.78 Å². The number of fused-ring (bicyclic) bond motifs is 1. The molecule has 0 saturated heterocycles. The first-order chi connectivity index (χ1) is 11.1. The summed E-state index contributed by atoms with van der Waals surface area (Å²) in [5.74, 6) is 0.970. The van der Waals surface area contributed by atoms with E-state index in [2.05, 4.69) is 27.4 Å². The lowest BCUT2D eigenvalue weighted by Gasteiger charge is -2.57. The molecule has 0 unspecified atom stereocenters. The summed E-state index contributed by atoms with van der Waals surface area (Å²) in [6.45, 7) is 13.0. The van der Waals surface area contributed by atoms with Gasteiger partial charge in [-0.3, -0.25) is 4.79 Å². The normalized spacial score (nSPS) is 33.1. The maximum atomic E-state index is 12.4. The van der Waals surface area contributed by atoms with Crippen LogP contribution in [0.3, 0.4) is 0 Å². The number of allylic oxidation sites excluding steroid dienone is 2. The largest absolute Gasteiger partial charge is 0.466 e. The molecule has 0 radical (unpaired) electrons. The highest BCUT2D eigenvalue weighted by molar-refractivity contribution is 5.85. The minimum atomic E-state index is -0.288. The van der Waals surface area contributed by atoms with Crippen LogP contribution >= 0.6 is 0 Å². The van der Waals surface area contributed by atoms with Gasteiger partial charge < -0.3 is 4.74 Å². The second kappa shape index (κ2) is 6.85. The highest BCUT2D eigenvalue weighted by atomic mass is 16.5. The number of carbonyl (C=O) groups is 2. The fraction of sp³-hybridized carbons (Fsp3) is 0.714. The molecule has 0 amide bonds. The van der Waals surface area contributed by atoms with Gasteiger partial charge in [-0.05, 0) is 56.3 Å². The lowest BCUT2D eigenvalue weighted by atomic mass is 9.47. The van der Waals surface area contributed by atoms with Gasteiger partial charge in [-0.1, -0.05) is 38.5 Å². The van der Waals surface area contributed by atoms with Crippen molar-refractivity contribution in [1.82, 2.24) is 0 Å². The Morgan fingerprint density at radius 2 is 2.00 bits per heavy atom. The predicted molar refractivity (Wildman–Crippen MR) is 96.5 cm³/mol. The van der Waals surface area contributed by atoms with Crippen LogP contribution in [-0.2, 0) is 14.3 Å². The second-order valence-corrected chi connectivity index (χ2v) is 8.51. The van der Waals surface area contributed by atoms with Gasteiger partial charge in [0.2, 0.25) is 0 Å². The summed E-state index contributed by atoms with van der Waals surface area (Å²) in [5, 5.41) is 0. The molecule has 0 aromatic heterocycles. The zero-order valence-corrected chi connectivity index (χ0v) is 15.9. The van der Waals surface area contributed by atoms with Crippen molar-refractivity contribution >= 4 is 11.8 Å². The first kappa shape index (κ1) is 19.0. The molecule has 134 valence electrons. The molecule has 0 aromatic carbocycles. The summed E-state index contributed by atoms with van der Waals surface area (Å²) >= 11 is 0. The summed E-state index contributed by atoms with van der Waals surface area (Å²) in [6.07, 6.45) is 7.18. The van der Waals surface area contributed by atoms with E-state index in [1.807, 2.05) is 6.92 Å². The molecule has 2 rings (SSSR count). The lowest BCUT2D eigenvalue weighted by Crippen LogP contribution is -2.53. The van der Waals surface area contributed by atoms with E-state index in [1.165, 1.54) is 12.7 Å². The number of hydrogen-bond acceptors (Lipinski definition) is 3. The van der Waals surface area contributed by atoms with E-state index in [0.29, 0.717) is 24.0 Å². The molecule has 0 aliphatic heterocycles. The molecular weight excluding hydrogens is 300 g/mol. The molecule has 0 spiro atoms. The first-order valence-electron chi connectivity index (χ1n) is 9.09. The predicted octanol–water partition coefficient (Wildman–Crippen LogP) is 4.86. The van der Waals surface area contributed by atoms with Crippen molar-refractivity contribution in [2.75, 3.05) is 7.11 Å². The maximum Gasteiger partial charge on any atom is 0.330 e. The fourth-order valence-corrected chi connectivity index (χ4v) is 5.21. The zero-order valence-electron chi connectivity index (χ0n) is 15.9. The van der Waals surface area contributed by atoms with E-state index in [-0.39, 0.29) is 16.8 Å². The quantitative estimate of drug-likeness (QED) is 0.419. The van der Waals surface area contributed by atoms with Crippen LogP contribution in [0.15, 0.2) is 23.8 Å². The van der Waals surface area contributed by atoms with Gasteiger partial charge >= 0.3 is 5.97 Å². The first-order valence-corrected chi connectivity index (χ1v) is 9.09. The van der Waals surface area contributed by atoms with Gasteiger partial charge in [0.15, 0.2) is 0 Å². The number of hydrogen-bond donors (Lipinski definition) is 0. The number of carbonyl (C=O) groups excluding carboxylic acids is 2. The Morgan fingerprint density at radius 3 is 2.62 bits per heavy atom. The van der Waals surface area contributed by atoms with E-state index < -0.39 is 0 Å². The summed E-state index contributed by atoms with van der Waals surface area (Å²) in [7, 11) is 1.40. The Morgan fingerprint density at radius 1 is 1.33 bits per heavy atom. The Balaban J connectivity index is 2.19. The summed E-state index contributed by atoms with van der Waals surface area (Å²) in [6, 6.07) is 0. The van der Waals surface area contributed by atoms with Crippen LogP contribution in [0.25, 0.3) is 0 Å². The van der Waals surface area contributed by atoms with Crippen molar-refractivity contribution in [2.24, 2.45) is 22.7 Å². The molecule has 2 aliphatic carbocycles. The summed E-state index contributed by atoms with van der Waals surface area (Å²) in [4.78, 5) is 23.8. The Bertz CT molecular complexity index is 570. The smallest absolute Gasteiger partial charge is 0.330 e. The SMILES string of the molecule is C=C1CC[C@H]2C(C)(C)C(=O)CC[C@]2(C)[C@H]1CC/C(C)=C/C(=O)OC. The highest BCUT2D eigenvalue weighted by Crippen LogP contribution is 2.60. The number of esters is 1. The van der Waals surface area contributed by atoms with E-state index in [9.17, 15) is 9.59 Å². The zero-order chi connectivity index (χ0) is 18.1. The number of methoxy groups -OCH3 is 1. The molecule has 0 heterocycles. The van der Waals surface area contributed by atoms with Crippen LogP contribution in [0.1, 0.15) is 66.2 Å². The van der Waals surface area contributed by atoms with Gasteiger partial charge in [0.05, 0.1) is 7.11 Å².